The van der Waals surface area contributed by atoms with E-state index < -0.39 is 17.9 Å². The number of anilines is 1. The molecule has 0 spiro atoms. The Labute approximate surface area is 157 Å². The van der Waals surface area contributed by atoms with Crippen molar-refractivity contribution in [2.75, 3.05) is 12.4 Å². The van der Waals surface area contributed by atoms with Gasteiger partial charge in [0, 0.05) is 22.7 Å². The standard InChI is InChI=1S/C19H15F2N5O2/c1-28-17-9(5-13-16(15(17)21)24-7-23-13)11-6-22-18-8(11)2-3-14(25-18)26-19(27)10-4-12(10)20/h2-3,5-7,10,12H,4H2,1H3,(H,23,24)(H2,22,25,26,27). The van der Waals surface area contributed by atoms with Crippen molar-refractivity contribution in [2.24, 2.45) is 5.92 Å². The summed E-state index contributed by atoms with van der Waals surface area (Å²) < 4.78 is 33.1. The molecule has 2 unspecified atom stereocenters. The van der Waals surface area contributed by atoms with Gasteiger partial charge in [-0.3, -0.25) is 4.79 Å². The molecule has 1 saturated carbocycles. The number of fused-ring (bicyclic) bond motifs is 2. The quantitative estimate of drug-likeness (QED) is 0.502. The normalized spacial score (nSPS) is 18.5. The summed E-state index contributed by atoms with van der Waals surface area (Å²) in [5.41, 5.74) is 2.49. The summed E-state index contributed by atoms with van der Waals surface area (Å²) in [5, 5.41) is 3.35. The van der Waals surface area contributed by atoms with Crippen molar-refractivity contribution >= 4 is 33.8 Å². The molecule has 1 amide bonds. The molecule has 3 aromatic heterocycles. The molecule has 0 bridgehead atoms. The molecule has 0 aliphatic heterocycles. The van der Waals surface area contributed by atoms with E-state index >= 15 is 0 Å². The second-order valence-corrected chi connectivity index (χ2v) is 6.71. The Morgan fingerprint density at radius 3 is 2.89 bits per heavy atom. The zero-order valence-electron chi connectivity index (χ0n) is 14.7. The number of methoxy groups -OCH3 is 1. The summed E-state index contributed by atoms with van der Waals surface area (Å²) >= 11 is 0. The van der Waals surface area contributed by atoms with E-state index in [1.54, 1.807) is 24.4 Å². The van der Waals surface area contributed by atoms with E-state index in [0.29, 0.717) is 28.1 Å². The number of carbonyl (C=O) groups excluding carboxylic acids is 1. The molecule has 9 heteroatoms. The van der Waals surface area contributed by atoms with Crippen LogP contribution in [0.25, 0.3) is 33.2 Å². The topological polar surface area (TPSA) is 95.7 Å². The lowest BCUT2D eigenvalue weighted by Gasteiger charge is -2.10. The fraction of sp³-hybridized carbons (Fsp3) is 0.211. The molecule has 2 atom stereocenters. The van der Waals surface area contributed by atoms with Gasteiger partial charge >= 0.3 is 0 Å². The van der Waals surface area contributed by atoms with E-state index in [4.69, 9.17) is 4.74 Å². The number of hydrogen-bond donors (Lipinski definition) is 3. The zero-order valence-corrected chi connectivity index (χ0v) is 14.7. The Balaban J connectivity index is 1.57. The van der Waals surface area contributed by atoms with Crippen LogP contribution in [0.2, 0.25) is 0 Å². The number of imidazole rings is 1. The number of halogens is 2. The average molecular weight is 383 g/mol. The van der Waals surface area contributed by atoms with Crippen molar-refractivity contribution in [1.82, 2.24) is 19.9 Å². The van der Waals surface area contributed by atoms with Crippen molar-refractivity contribution in [3.05, 3.63) is 36.5 Å². The van der Waals surface area contributed by atoms with Gasteiger partial charge in [0.1, 0.15) is 23.2 Å². The molecule has 7 nitrogen and oxygen atoms in total. The van der Waals surface area contributed by atoms with Crippen LogP contribution in [0.4, 0.5) is 14.6 Å². The molecule has 1 fully saturated rings. The second-order valence-electron chi connectivity index (χ2n) is 6.71. The van der Waals surface area contributed by atoms with Gasteiger partial charge in [-0.1, -0.05) is 0 Å². The molecule has 1 aliphatic carbocycles. The average Bonchev–Trinajstić information content (AvgIpc) is 3.07. The molecule has 5 rings (SSSR count). The molecular formula is C19H15F2N5O2. The van der Waals surface area contributed by atoms with Crippen molar-refractivity contribution in [3.8, 4) is 16.9 Å². The number of H-pyrrole nitrogens is 2. The van der Waals surface area contributed by atoms with Crippen LogP contribution >= 0.6 is 0 Å². The van der Waals surface area contributed by atoms with Gasteiger partial charge in [-0.2, -0.15) is 0 Å². The van der Waals surface area contributed by atoms with Crippen LogP contribution < -0.4 is 10.1 Å². The molecule has 4 aromatic rings. The van der Waals surface area contributed by atoms with Crippen LogP contribution in [-0.2, 0) is 4.79 Å². The minimum atomic E-state index is -1.07. The first-order valence-electron chi connectivity index (χ1n) is 8.70. The van der Waals surface area contributed by atoms with E-state index in [1.165, 1.54) is 13.4 Å². The summed E-state index contributed by atoms with van der Waals surface area (Å²) in [4.78, 5) is 26.2. The summed E-state index contributed by atoms with van der Waals surface area (Å²) in [7, 11) is 1.40. The lowest BCUT2D eigenvalue weighted by atomic mass is 10.0. The molecular weight excluding hydrogens is 368 g/mol. The number of rotatable bonds is 4. The van der Waals surface area contributed by atoms with Gasteiger partial charge in [-0.15, -0.1) is 0 Å². The summed E-state index contributed by atoms with van der Waals surface area (Å²) in [5.74, 6) is -1.11. The van der Waals surface area contributed by atoms with Gasteiger partial charge in [0.15, 0.2) is 11.6 Å². The maximum atomic E-state index is 14.8. The molecule has 142 valence electrons. The van der Waals surface area contributed by atoms with Crippen LogP contribution in [0.1, 0.15) is 6.42 Å². The first kappa shape index (κ1) is 16.7. The Bertz CT molecular complexity index is 1230. The van der Waals surface area contributed by atoms with Crippen LogP contribution in [0.15, 0.2) is 30.7 Å². The van der Waals surface area contributed by atoms with E-state index in [1.807, 2.05) is 0 Å². The van der Waals surface area contributed by atoms with Gasteiger partial charge in [0.25, 0.3) is 0 Å². The number of nitrogens with one attached hydrogen (secondary N) is 3. The smallest absolute Gasteiger partial charge is 0.231 e. The van der Waals surface area contributed by atoms with Gasteiger partial charge in [0.2, 0.25) is 5.91 Å². The summed E-state index contributed by atoms with van der Waals surface area (Å²) in [6.45, 7) is 0. The number of pyridine rings is 1. The van der Waals surface area contributed by atoms with E-state index in [2.05, 4.69) is 25.3 Å². The predicted molar refractivity (Wildman–Crippen MR) is 99.3 cm³/mol. The number of amides is 1. The first-order valence-corrected chi connectivity index (χ1v) is 8.70. The van der Waals surface area contributed by atoms with Crippen molar-refractivity contribution in [3.63, 3.8) is 0 Å². The molecule has 3 N–H and O–H groups in total. The minimum Gasteiger partial charge on any atom is -0.493 e. The zero-order chi connectivity index (χ0) is 19.4. The second kappa shape index (κ2) is 6.01. The highest BCUT2D eigenvalue weighted by molar-refractivity contribution is 6.00. The summed E-state index contributed by atoms with van der Waals surface area (Å²) in [6, 6.07) is 5.15. The number of aromatic amines is 2. The van der Waals surface area contributed by atoms with Crippen LogP contribution in [0.5, 0.6) is 5.75 Å². The van der Waals surface area contributed by atoms with Gasteiger partial charge < -0.3 is 20.0 Å². The van der Waals surface area contributed by atoms with Crippen LogP contribution in [-0.4, -0.2) is 39.1 Å². The predicted octanol–water partition coefficient (Wildman–Crippen LogP) is 3.55. The number of benzene rings is 1. The molecule has 1 aromatic carbocycles. The first-order chi connectivity index (χ1) is 13.6. The lowest BCUT2D eigenvalue weighted by molar-refractivity contribution is -0.117. The molecule has 0 saturated heterocycles. The number of aromatic nitrogens is 4. The monoisotopic (exact) mass is 383 g/mol. The molecule has 1 aliphatic rings. The Morgan fingerprint density at radius 1 is 1.32 bits per heavy atom. The lowest BCUT2D eigenvalue weighted by Crippen LogP contribution is -2.15. The maximum absolute atomic E-state index is 14.8. The van der Waals surface area contributed by atoms with Crippen LogP contribution in [0, 0.1) is 11.7 Å². The van der Waals surface area contributed by atoms with Crippen LogP contribution in [0.3, 0.4) is 0 Å². The SMILES string of the molecule is COc1c(-c2c[nH]c3nc(NC(=O)C4CC4F)ccc23)cc2[nH]cnc2c1F. The number of alkyl halides is 1. The Morgan fingerprint density at radius 2 is 2.14 bits per heavy atom. The van der Waals surface area contributed by atoms with E-state index in [9.17, 15) is 13.6 Å². The minimum absolute atomic E-state index is 0.0839. The van der Waals surface area contributed by atoms with Gasteiger partial charge in [-0.05, 0) is 24.6 Å². The highest BCUT2D eigenvalue weighted by Gasteiger charge is 2.43. The fourth-order valence-corrected chi connectivity index (χ4v) is 3.38. The number of hydrogen-bond acceptors (Lipinski definition) is 4. The molecule has 3 heterocycles. The van der Waals surface area contributed by atoms with E-state index in [-0.39, 0.29) is 23.6 Å². The van der Waals surface area contributed by atoms with E-state index in [0.717, 1.165) is 5.39 Å². The Kier molecular flexibility index (Phi) is 3.58. The highest BCUT2D eigenvalue weighted by Crippen LogP contribution is 2.39. The van der Waals surface area contributed by atoms with Gasteiger partial charge in [-0.25, -0.2) is 18.7 Å². The maximum Gasteiger partial charge on any atom is 0.231 e. The Hall–Kier alpha value is -3.49. The van der Waals surface area contributed by atoms with Crippen molar-refractivity contribution in [1.29, 1.82) is 0 Å². The fourth-order valence-electron chi connectivity index (χ4n) is 3.38. The molecule has 28 heavy (non-hydrogen) atoms. The van der Waals surface area contributed by atoms with Crippen molar-refractivity contribution in [2.45, 2.75) is 12.6 Å². The number of carbonyl (C=O) groups is 1. The number of ether oxygens (including phenoxy) is 1. The largest absolute Gasteiger partial charge is 0.493 e. The third-order valence-corrected chi connectivity index (χ3v) is 4.94. The number of nitrogens with zero attached hydrogens (tertiary/aromatic N) is 2. The van der Waals surface area contributed by atoms with Gasteiger partial charge in [0.05, 0.1) is 24.9 Å². The summed E-state index contributed by atoms with van der Waals surface area (Å²) in [6.07, 6.45) is 2.30. The molecule has 0 radical (unpaired) electrons. The third-order valence-electron chi connectivity index (χ3n) is 4.94. The highest BCUT2D eigenvalue weighted by atomic mass is 19.1. The third kappa shape index (κ3) is 2.50. The van der Waals surface area contributed by atoms with Crippen molar-refractivity contribution < 1.29 is 18.3 Å².